The smallest absolute Gasteiger partial charge is 0.293 e. The first kappa shape index (κ1) is 7.14. The molecule has 0 amide bonds. The lowest BCUT2D eigenvalue weighted by atomic mass is 10.5. The van der Waals surface area contributed by atoms with Crippen LogP contribution in [0.1, 0.15) is 5.76 Å². The van der Waals surface area contributed by atoms with Crippen LogP contribution < -0.4 is 5.56 Å². The van der Waals surface area contributed by atoms with E-state index < -0.39 is 0 Å². The molecular weight excluding hydrogens is 256 g/mol. The molecule has 0 radical (unpaired) electrons. The summed E-state index contributed by atoms with van der Waals surface area (Å²) in [5.74, 6) is 0.735. The van der Waals surface area contributed by atoms with Crippen LogP contribution in [-0.4, -0.2) is 5.16 Å². The predicted octanol–water partition coefficient (Wildman–Crippen LogP) is 1.31. The SMILES string of the molecule is O=c1[nH]oc(CCl)c1I. The van der Waals surface area contributed by atoms with Crippen molar-refractivity contribution < 1.29 is 4.52 Å². The number of rotatable bonds is 1. The van der Waals surface area contributed by atoms with Gasteiger partial charge >= 0.3 is 0 Å². The summed E-state index contributed by atoms with van der Waals surface area (Å²) >= 11 is 7.27. The molecule has 0 spiro atoms. The highest BCUT2D eigenvalue weighted by Gasteiger charge is 2.05. The second-order valence-electron chi connectivity index (χ2n) is 1.40. The molecule has 0 aliphatic heterocycles. The van der Waals surface area contributed by atoms with Gasteiger partial charge in [0.2, 0.25) is 0 Å². The Hall–Kier alpha value is 0.0300. The van der Waals surface area contributed by atoms with Crippen LogP contribution in [0.3, 0.4) is 0 Å². The Morgan fingerprint density at radius 1 is 1.78 bits per heavy atom. The van der Waals surface area contributed by atoms with Crippen LogP contribution in [0, 0.1) is 3.57 Å². The van der Waals surface area contributed by atoms with Gasteiger partial charge in [-0.3, -0.25) is 4.79 Å². The van der Waals surface area contributed by atoms with Gasteiger partial charge < -0.3 is 4.52 Å². The van der Waals surface area contributed by atoms with Crippen LogP contribution in [0.25, 0.3) is 0 Å². The molecule has 1 rings (SSSR count). The fourth-order valence-corrected chi connectivity index (χ4v) is 1.23. The summed E-state index contributed by atoms with van der Waals surface area (Å²) in [7, 11) is 0. The van der Waals surface area contributed by atoms with Gasteiger partial charge in [-0.05, 0) is 22.6 Å². The van der Waals surface area contributed by atoms with E-state index in [1.54, 1.807) is 0 Å². The summed E-state index contributed by atoms with van der Waals surface area (Å²) in [5.41, 5.74) is -0.216. The molecule has 0 aromatic carbocycles. The molecule has 0 saturated heterocycles. The molecule has 0 atom stereocenters. The Bertz CT molecular complexity index is 253. The van der Waals surface area contributed by atoms with Crippen molar-refractivity contribution in [3.05, 3.63) is 19.7 Å². The molecule has 9 heavy (non-hydrogen) atoms. The molecule has 0 bridgehead atoms. The van der Waals surface area contributed by atoms with Crippen LogP contribution in [0.4, 0.5) is 0 Å². The minimum atomic E-state index is -0.216. The Kier molecular flexibility index (Phi) is 2.18. The van der Waals surface area contributed by atoms with Gasteiger partial charge in [-0.2, -0.15) is 5.16 Å². The van der Waals surface area contributed by atoms with Crippen molar-refractivity contribution in [2.75, 3.05) is 0 Å². The number of hydrogen-bond acceptors (Lipinski definition) is 2. The van der Waals surface area contributed by atoms with E-state index in [2.05, 4.69) is 9.68 Å². The largest absolute Gasteiger partial charge is 0.381 e. The first-order valence-electron chi connectivity index (χ1n) is 2.17. The number of nitrogens with one attached hydrogen (secondary N) is 1. The van der Waals surface area contributed by atoms with E-state index in [1.807, 2.05) is 22.6 Å². The van der Waals surface area contributed by atoms with Gasteiger partial charge in [0.1, 0.15) is 3.57 Å². The predicted molar refractivity (Wildman–Crippen MR) is 41.6 cm³/mol. The number of aromatic amines is 1. The normalized spacial score (nSPS) is 10.0. The Morgan fingerprint density at radius 3 is 2.67 bits per heavy atom. The summed E-state index contributed by atoms with van der Waals surface area (Å²) in [5, 5.41) is 2.17. The number of H-pyrrole nitrogens is 1. The molecule has 0 unspecified atom stereocenters. The molecule has 0 aliphatic rings. The number of halogens is 2. The number of alkyl halides is 1. The summed E-state index contributed by atoms with van der Waals surface area (Å²) in [6.07, 6.45) is 0. The van der Waals surface area contributed by atoms with Gasteiger partial charge in [0.15, 0.2) is 5.76 Å². The van der Waals surface area contributed by atoms with Gasteiger partial charge in [0.05, 0.1) is 5.88 Å². The van der Waals surface area contributed by atoms with E-state index in [9.17, 15) is 4.79 Å². The molecule has 0 fully saturated rings. The summed E-state index contributed by atoms with van der Waals surface area (Å²) in [4.78, 5) is 10.6. The second-order valence-corrected chi connectivity index (χ2v) is 2.75. The Labute approximate surface area is 69.5 Å². The monoisotopic (exact) mass is 259 g/mol. The third-order valence-electron chi connectivity index (χ3n) is 0.832. The van der Waals surface area contributed by atoms with Crippen molar-refractivity contribution in [3.8, 4) is 0 Å². The van der Waals surface area contributed by atoms with E-state index in [0.29, 0.717) is 9.33 Å². The summed E-state index contributed by atoms with van der Waals surface area (Å²) in [6.45, 7) is 0. The van der Waals surface area contributed by atoms with Crippen LogP contribution in [0.2, 0.25) is 0 Å². The average Bonchev–Trinajstić information content (AvgIpc) is 2.15. The minimum Gasteiger partial charge on any atom is -0.381 e. The maximum Gasteiger partial charge on any atom is 0.293 e. The van der Waals surface area contributed by atoms with Crippen LogP contribution in [0.5, 0.6) is 0 Å². The standard InChI is InChI=1S/C4H3ClINO2/c5-1-2-3(6)4(8)7-9-2/h1H2,(H,7,8). The van der Waals surface area contributed by atoms with Gasteiger partial charge in [0, 0.05) is 0 Å². The zero-order valence-corrected chi connectivity index (χ0v) is 7.19. The molecule has 0 saturated carbocycles. The molecule has 1 aromatic rings. The van der Waals surface area contributed by atoms with Crippen molar-refractivity contribution >= 4 is 34.2 Å². The minimum absolute atomic E-state index is 0.216. The van der Waals surface area contributed by atoms with Crippen molar-refractivity contribution in [2.24, 2.45) is 0 Å². The first-order valence-corrected chi connectivity index (χ1v) is 3.79. The highest BCUT2D eigenvalue weighted by molar-refractivity contribution is 14.1. The highest BCUT2D eigenvalue weighted by atomic mass is 127. The van der Waals surface area contributed by atoms with E-state index in [-0.39, 0.29) is 11.4 Å². The third-order valence-corrected chi connectivity index (χ3v) is 2.17. The van der Waals surface area contributed by atoms with Crippen molar-refractivity contribution in [1.29, 1.82) is 0 Å². The van der Waals surface area contributed by atoms with E-state index >= 15 is 0 Å². The molecule has 50 valence electrons. The Morgan fingerprint density at radius 2 is 2.44 bits per heavy atom. The number of hydrogen-bond donors (Lipinski definition) is 1. The molecule has 5 heteroatoms. The Balaban J connectivity index is 3.20. The van der Waals surface area contributed by atoms with Gasteiger partial charge in [0.25, 0.3) is 5.56 Å². The fourth-order valence-electron chi connectivity index (χ4n) is 0.410. The molecule has 1 aromatic heterocycles. The number of aromatic nitrogens is 1. The highest BCUT2D eigenvalue weighted by Crippen LogP contribution is 2.07. The zero-order valence-electron chi connectivity index (χ0n) is 4.28. The lowest BCUT2D eigenvalue weighted by Gasteiger charge is -1.80. The van der Waals surface area contributed by atoms with Gasteiger partial charge in [-0.25, -0.2) is 0 Å². The van der Waals surface area contributed by atoms with Crippen LogP contribution in [0.15, 0.2) is 9.32 Å². The lowest BCUT2D eigenvalue weighted by Crippen LogP contribution is -2.00. The molecular formula is C4H3ClINO2. The second kappa shape index (κ2) is 2.74. The summed E-state index contributed by atoms with van der Waals surface area (Å²) < 4.78 is 5.20. The van der Waals surface area contributed by atoms with E-state index in [1.165, 1.54) is 0 Å². The average molecular weight is 259 g/mol. The first-order chi connectivity index (χ1) is 4.25. The summed E-state index contributed by atoms with van der Waals surface area (Å²) in [6, 6.07) is 0. The lowest BCUT2D eigenvalue weighted by molar-refractivity contribution is 0.388. The zero-order chi connectivity index (χ0) is 6.85. The maximum absolute atomic E-state index is 10.6. The van der Waals surface area contributed by atoms with Gasteiger partial charge in [-0.15, -0.1) is 11.6 Å². The fraction of sp³-hybridized carbons (Fsp3) is 0.250. The van der Waals surface area contributed by atoms with Crippen molar-refractivity contribution in [3.63, 3.8) is 0 Å². The van der Waals surface area contributed by atoms with E-state index in [4.69, 9.17) is 11.6 Å². The van der Waals surface area contributed by atoms with Crippen LogP contribution in [-0.2, 0) is 5.88 Å². The molecule has 1 N–H and O–H groups in total. The van der Waals surface area contributed by atoms with Crippen molar-refractivity contribution in [1.82, 2.24) is 5.16 Å². The third kappa shape index (κ3) is 1.29. The van der Waals surface area contributed by atoms with Crippen molar-refractivity contribution in [2.45, 2.75) is 5.88 Å². The van der Waals surface area contributed by atoms with Crippen LogP contribution >= 0.6 is 34.2 Å². The molecule has 0 aliphatic carbocycles. The van der Waals surface area contributed by atoms with E-state index in [0.717, 1.165) is 0 Å². The molecule has 3 nitrogen and oxygen atoms in total. The topological polar surface area (TPSA) is 46.0 Å². The van der Waals surface area contributed by atoms with Gasteiger partial charge in [-0.1, -0.05) is 0 Å². The quantitative estimate of drug-likeness (QED) is 0.610. The molecule has 1 heterocycles. The maximum atomic E-state index is 10.6.